The van der Waals surface area contributed by atoms with Gasteiger partial charge in [-0.25, -0.2) is 8.78 Å². The second-order valence-electron chi connectivity index (χ2n) is 7.58. The molecule has 0 bridgehead atoms. The lowest BCUT2D eigenvalue weighted by Gasteiger charge is -2.26. The van der Waals surface area contributed by atoms with E-state index in [0.29, 0.717) is 29.5 Å². The van der Waals surface area contributed by atoms with Crippen molar-refractivity contribution in [1.82, 2.24) is 10.6 Å². The molecule has 8 heteroatoms. The third-order valence-corrected chi connectivity index (χ3v) is 5.36. The van der Waals surface area contributed by atoms with E-state index < -0.39 is 35.5 Å². The Labute approximate surface area is 188 Å². The van der Waals surface area contributed by atoms with Crippen LogP contribution in [0.15, 0.2) is 72.8 Å². The van der Waals surface area contributed by atoms with Crippen LogP contribution in [0.5, 0.6) is 0 Å². The van der Waals surface area contributed by atoms with E-state index in [-0.39, 0.29) is 5.91 Å². The number of hydrogen-bond acceptors (Lipinski definition) is 2. The van der Waals surface area contributed by atoms with E-state index >= 15 is 0 Å². The summed E-state index contributed by atoms with van der Waals surface area (Å²) in [6.45, 7) is 0. The highest BCUT2D eigenvalue weighted by atomic mass is 19.4. The van der Waals surface area contributed by atoms with Crippen LogP contribution in [0, 0.1) is 11.6 Å². The third kappa shape index (κ3) is 6.38. The van der Waals surface area contributed by atoms with Crippen molar-refractivity contribution in [2.75, 3.05) is 7.05 Å². The largest absolute Gasteiger partial charge is 0.416 e. The Balaban J connectivity index is 1.87. The fourth-order valence-electron chi connectivity index (χ4n) is 3.56. The van der Waals surface area contributed by atoms with Crippen molar-refractivity contribution in [3.63, 3.8) is 0 Å². The molecule has 3 rings (SSSR count). The van der Waals surface area contributed by atoms with Gasteiger partial charge in [-0.2, -0.15) is 13.2 Å². The first-order valence-electron chi connectivity index (χ1n) is 10.3. The third-order valence-electron chi connectivity index (χ3n) is 5.36. The minimum atomic E-state index is -4.43. The van der Waals surface area contributed by atoms with Gasteiger partial charge in [0.15, 0.2) is 11.6 Å². The average molecular weight is 462 g/mol. The maximum Gasteiger partial charge on any atom is 0.416 e. The van der Waals surface area contributed by atoms with E-state index in [0.717, 1.165) is 24.3 Å². The van der Waals surface area contributed by atoms with Crippen LogP contribution >= 0.6 is 0 Å². The van der Waals surface area contributed by atoms with Crippen molar-refractivity contribution in [3.8, 4) is 0 Å². The topological polar surface area (TPSA) is 41.1 Å². The summed E-state index contributed by atoms with van der Waals surface area (Å²) < 4.78 is 65.9. The molecule has 0 saturated carbocycles. The smallest absolute Gasteiger partial charge is 0.358 e. The van der Waals surface area contributed by atoms with Crippen molar-refractivity contribution in [1.29, 1.82) is 0 Å². The quantitative estimate of drug-likeness (QED) is 0.420. The van der Waals surface area contributed by atoms with Crippen LogP contribution in [0.4, 0.5) is 22.0 Å². The molecule has 2 atom stereocenters. The minimum absolute atomic E-state index is 0.316. The molecule has 174 valence electrons. The first-order valence-corrected chi connectivity index (χ1v) is 10.3. The van der Waals surface area contributed by atoms with E-state index in [4.69, 9.17) is 0 Å². The number of aryl methyl sites for hydroxylation is 1. The molecule has 0 unspecified atom stereocenters. The Morgan fingerprint density at radius 2 is 1.55 bits per heavy atom. The van der Waals surface area contributed by atoms with Crippen LogP contribution in [-0.4, -0.2) is 13.0 Å². The zero-order valence-electron chi connectivity index (χ0n) is 17.8. The van der Waals surface area contributed by atoms with Gasteiger partial charge in [0.2, 0.25) is 5.91 Å². The van der Waals surface area contributed by atoms with Gasteiger partial charge >= 0.3 is 6.18 Å². The molecule has 0 aliphatic rings. The van der Waals surface area contributed by atoms with E-state index in [9.17, 15) is 26.7 Å². The summed E-state index contributed by atoms with van der Waals surface area (Å²) in [5.41, 5.74) is 1.00. The van der Waals surface area contributed by atoms with Crippen LogP contribution in [0.25, 0.3) is 0 Å². The lowest BCUT2D eigenvalue weighted by Crippen LogP contribution is -2.38. The summed E-state index contributed by atoms with van der Waals surface area (Å²) in [4.78, 5) is 12.6. The molecule has 3 aromatic rings. The predicted octanol–water partition coefficient (Wildman–Crippen LogP) is 5.73. The summed E-state index contributed by atoms with van der Waals surface area (Å²) in [6, 6.07) is 15.8. The van der Waals surface area contributed by atoms with Gasteiger partial charge in [0.25, 0.3) is 0 Å². The second kappa shape index (κ2) is 10.6. The van der Waals surface area contributed by atoms with Gasteiger partial charge in [-0.1, -0.05) is 48.5 Å². The fraction of sp³-hybridized carbons (Fsp3) is 0.240. The van der Waals surface area contributed by atoms with Gasteiger partial charge in [-0.3, -0.25) is 10.1 Å². The number of carbonyl (C=O) groups is 1. The number of amides is 1. The van der Waals surface area contributed by atoms with E-state index in [1.165, 1.54) is 25.2 Å². The minimum Gasteiger partial charge on any atom is -0.358 e. The summed E-state index contributed by atoms with van der Waals surface area (Å²) in [5, 5.41) is 5.80. The Bertz CT molecular complexity index is 1070. The molecule has 0 aromatic heterocycles. The Morgan fingerprint density at radius 3 is 2.12 bits per heavy atom. The lowest BCUT2D eigenvalue weighted by atomic mass is 9.96. The molecule has 0 radical (unpaired) electrons. The monoisotopic (exact) mass is 462 g/mol. The summed E-state index contributed by atoms with van der Waals surface area (Å²) in [6.07, 6.45) is -3.74. The van der Waals surface area contributed by atoms with Crippen LogP contribution in [0.3, 0.4) is 0 Å². The Kier molecular flexibility index (Phi) is 7.81. The van der Waals surface area contributed by atoms with E-state index in [1.54, 1.807) is 24.3 Å². The number of nitrogens with one attached hydrogen (secondary N) is 2. The van der Waals surface area contributed by atoms with Gasteiger partial charge in [-0.05, 0) is 53.8 Å². The highest BCUT2D eigenvalue weighted by Crippen LogP contribution is 2.30. The molecular formula is C25H23F5N2O. The molecule has 0 fully saturated rings. The highest BCUT2D eigenvalue weighted by Gasteiger charge is 2.30. The van der Waals surface area contributed by atoms with E-state index in [2.05, 4.69) is 10.6 Å². The Morgan fingerprint density at radius 1 is 0.879 bits per heavy atom. The first-order chi connectivity index (χ1) is 15.7. The number of carbonyl (C=O) groups excluding carboxylic acids is 1. The molecule has 0 heterocycles. The number of alkyl halides is 3. The van der Waals surface area contributed by atoms with Crippen molar-refractivity contribution >= 4 is 5.91 Å². The van der Waals surface area contributed by atoms with Crippen molar-refractivity contribution < 1.29 is 26.7 Å². The molecule has 0 spiro atoms. The average Bonchev–Trinajstić information content (AvgIpc) is 2.81. The van der Waals surface area contributed by atoms with Gasteiger partial charge < -0.3 is 5.32 Å². The van der Waals surface area contributed by atoms with Gasteiger partial charge in [0.1, 0.15) is 6.04 Å². The predicted molar refractivity (Wildman–Crippen MR) is 115 cm³/mol. The van der Waals surface area contributed by atoms with Crippen LogP contribution in [0.1, 0.15) is 40.8 Å². The number of benzene rings is 3. The number of likely N-dealkylation sites (N-methyl/N-ethyl adjacent to an activating group) is 1. The zero-order valence-corrected chi connectivity index (χ0v) is 17.8. The standard InChI is InChI=1S/C25H23F5N2O/c1-31-24(33)23(17-5-3-2-4-6-17)32-22(18-10-13-20(26)21(27)15-18)14-9-16-7-11-19(12-8-16)25(28,29)30/h2-8,10-13,15,22-23,32H,9,14H2,1H3,(H,31,33)/t22-,23-/m0/s1. The molecule has 0 aliphatic heterocycles. The van der Waals surface area contributed by atoms with Crippen LogP contribution < -0.4 is 10.6 Å². The summed E-state index contributed by atoms with van der Waals surface area (Å²) in [5.74, 6) is -2.33. The number of hydrogen-bond donors (Lipinski definition) is 2. The SMILES string of the molecule is CNC(=O)[C@@H](N[C@@H](CCc1ccc(C(F)(F)F)cc1)c1ccc(F)c(F)c1)c1ccccc1. The molecule has 1 amide bonds. The van der Waals surface area contributed by atoms with Gasteiger partial charge in [0.05, 0.1) is 5.56 Å². The van der Waals surface area contributed by atoms with Gasteiger partial charge in [0, 0.05) is 13.1 Å². The Hall–Kier alpha value is -3.26. The molecule has 2 N–H and O–H groups in total. The zero-order chi connectivity index (χ0) is 24.0. The molecule has 0 aliphatic carbocycles. The second-order valence-corrected chi connectivity index (χ2v) is 7.58. The number of halogens is 5. The molecular weight excluding hydrogens is 439 g/mol. The molecule has 33 heavy (non-hydrogen) atoms. The van der Waals surface area contributed by atoms with Crippen molar-refractivity contribution in [3.05, 3.63) is 107 Å². The number of rotatable bonds is 8. The maximum absolute atomic E-state index is 14.0. The fourth-order valence-corrected chi connectivity index (χ4v) is 3.56. The van der Waals surface area contributed by atoms with Gasteiger partial charge in [-0.15, -0.1) is 0 Å². The lowest BCUT2D eigenvalue weighted by molar-refractivity contribution is -0.137. The van der Waals surface area contributed by atoms with Crippen LogP contribution in [0.2, 0.25) is 0 Å². The van der Waals surface area contributed by atoms with Crippen molar-refractivity contribution in [2.45, 2.75) is 31.1 Å². The normalized spacial score (nSPS) is 13.4. The van der Waals surface area contributed by atoms with E-state index in [1.807, 2.05) is 6.07 Å². The summed E-state index contributed by atoms with van der Waals surface area (Å²) in [7, 11) is 1.49. The molecule has 0 saturated heterocycles. The highest BCUT2D eigenvalue weighted by molar-refractivity contribution is 5.83. The molecule has 3 aromatic carbocycles. The van der Waals surface area contributed by atoms with Crippen molar-refractivity contribution in [2.24, 2.45) is 0 Å². The first kappa shape index (κ1) is 24.4. The molecule has 3 nitrogen and oxygen atoms in total. The summed E-state index contributed by atoms with van der Waals surface area (Å²) >= 11 is 0. The van der Waals surface area contributed by atoms with Crippen LogP contribution in [-0.2, 0) is 17.4 Å². The maximum atomic E-state index is 14.0.